The molecule has 2 atom stereocenters. The Kier molecular flexibility index (Phi) is 7.38. The van der Waals surface area contributed by atoms with Crippen LogP contribution < -0.4 is 14.4 Å². The Bertz CT molecular complexity index is 1370. The third kappa shape index (κ3) is 5.67. The zero-order valence-corrected chi connectivity index (χ0v) is 23.2. The van der Waals surface area contributed by atoms with E-state index >= 15 is 0 Å². The maximum absolute atomic E-state index is 13.8. The van der Waals surface area contributed by atoms with Crippen molar-refractivity contribution in [2.75, 3.05) is 10.8 Å². The van der Waals surface area contributed by atoms with Crippen LogP contribution in [-0.4, -0.2) is 27.0 Å². The maximum Gasteiger partial charge on any atom is 0.264 e. The predicted octanol–water partition coefficient (Wildman–Crippen LogP) is 5.69. The normalized spacial score (nSPS) is 16.5. The molecule has 1 heterocycles. The summed E-state index contributed by atoms with van der Waals surface area (Å²) in [4.78, 5) is 13.5. The molecule has 6 nitrogen and oxygen atoms in total. The van der Waals surface area contributed by atoms with Crippen LogP contribution in [0.25, 0.3) is 0 Å². The minimum atomic E-state index is -3.94. The lowest BCUT2D eigenvalue weighted by atomic mass is 9.86. The second-order valence-corrected chi connectivity index (χ2v) is 12.6. The van der Waals surface area contributed by atoms with Crippen molar-refractivity contribution in [2.24, 2.45) is 0 Å². The van der Waals surface area contributed by atoms with Gasteiger partial charge in [0.1, 0.15) is 5.75 Å². The smallest absolute Gasteiger partial charge is 0.264 e. The number of fused-ring (bicyclic) bond motifs is 1. The van der Waals surface area contributed by atoms with Crippen molar-refractivity contribution in [3.8, 4) is 5.75 Å². The van der Waals surface area contributed by atoms with E-state index in [1.54, 1.807) is 30.3 Å². The van der Waals surface area contributed by atoms with Gasteiger partial charge < -0.3 is 10.1 Å². The van der Waals surface area contributed by atoms with Gasteiger partial charge in [0.05, 0.1) is 23.2 Å². The average molecular weight is 521 g/mol. The number of ether oxygens (including phenoxy) is 1. The highest BCUT2D eigenvalue weighted by molar-refractivity contribution is 7.92. The van der Waals surface area contributed by atoms with E-state index < -0.39 is 16.1 Å². The highest BCUT2D eigenvalue weighted by atomic mass is 32.2. The molecule has 4 rings (SSSR count). The van der Waals surface area contributed by atoms with Gasteiger partial charge in [-0.05, 0) is 66.6 Å². The summed E-state index contributed by atoms with van der Waals surface area (Å²) in [7, 11) is -3.94. The number of rotatable bonds is 6. The minimum absolute atomic E-state index is 0.121. The SMILES string of the molecule is CCc1ccc([C@H](C)NC(=O)[C@@H]2CN(S(=O)(=O)c3ccc(C)cc3)c3cc(C(C)(C)C)ccc3O2)cc1. The molecule has 1 amide bonds. The van der Waals surface area contributed by atoms with Gasteiger partial charge in [0.15, 0.2) is 6.10 Å². The summed E-state index contributed by atoms with van der Waals surface area (Å²) in [6, 6.07) is 20.1. The van der Waals surface area contributed by atoms with E-state index in [2.05, 4.69) is 33.0 Å². The van der Waals surface area contributed by atoms with Gasteiger partial charge in [-0.25, -0.2) is 8.42 Å². The van der Waals surface area contributed by atoms with Gasteiger partial charge in [-0.1, -0.05) is 75.7 Å². The molecule has 1 N–H and O–H groups in total. The van der Waals surface area contributed by atoms with E-state index in [1.807, 2.05) is 50.2 Å². The summed E-state index contributed by atoms with van der Waals surface area (Å²) >= 11 is 0. The molecule has 0 saturated carbocycles. The molecule has 0 spiro atoms. The van der Waals surface area contributed by atoms with Crippen LogP contribution in [0, 0.1) is 6.92 Å². The van der Waals surface area contributed by atoms with Crippen LogP contribution >= 0.6 is 0 Å². The predicted molar refractivity (Wildman–Crippen MR) is 148 cm³/mol. The fourth-order valence-electron chi connectivity index (χ4n) is 4.35. The molecule has 1 aliphatic rings. The van der Waals surface area contributed by atoms with Crippen LogP contribution in [-0.2, 0) is 26.7 Å². The second-order valence-electron chi connectivity index (χ2n) is 10.7. The van der Waals surface area contributed by atoms with Crippen molar-refractivity contribution >= 4 is 21.6 Å². The maximum atomic E-state index is 13.8. The Hall–Kier alpha value is -3.32. The van der Waals surface area contributed by atoms with Crippen LogP contribution in [0.5, 0.6) is 5.75 Å². The first kappa shape index (κ1) is 26.7. The summed E-state index contributed by atoms with van der Waals surface area (Å²) < 4.78 is 35.1. The third-order valence-electron chi connectivity index (χ3n) is 6.84. The van der Waals surface area contributed by atoms with Crippen LogP contribution in [0.2, 0.25) is 0 Å². The Labute approximate surface area is 220 Å². The number of amides is 1. The number of nitrogens with one attached hydrogen (secondary N) is 1. The van der Waals surface area contributed by atoms with E-state index in [4.69, 9.17) is 4.74 Å². The van der Waals surface area contributed by atoms with E-state index in [-0.39, 0.29) is 28.8 Å². The third-order valence-corrected chi connectivity index (χ3v) is 8.64. The number of hydrogen-bond donors (Lipinski definition) is 1. The van der Waals surface area contributed by atoms with Gasteiger partial charge in [0, 0.05) is 0 Å². The number of aryl methyl sites for hydroxylation is 2. The molecule has 0 fully saturated rings. The highest BCUT2D eigenvalue weighted by Crippen LogP contribution is 2.40. The molecule has 0 aromatic heterocycles. The van der Waals surface area contributed by atoms with E-state index in [0.717, 1.165) is 23.1 Å². The second kappa shape index (κ2) is 10.2. The molecule has 0 bridgehead atoms. The number of carbonyl (C=O) groups is 1. The van der Waals surface area contributed by atoms with Gasteiger partial charge in [-0.2, -0.15) is 0 Å². The summed E-state index contributed by atoms with van der Waals surface area (Å²) in [6.45, 7) is 12.0. The Balaban J connectivity index is 1.67. The Morgan fingerprint density at radius 1 is 1.05 bits per heavy atom. The number of hydrogen-bond acceptors (Lipinski definition) is 4. The van der Waals surface area contributed by atoms with Crippen molar-refractivity contribution in [2.45, 2.75) is 70.4 Å². The lowest BCUT2D eigenvalue weighted by Gasteiger charge is -2.36. The molecule has 3 aromatic carbocycles. The molecule has 3 aromatic rings. The molecular weight excluding hydrogens is 484 g/mol. The molecule has 0 saturated heterocycles. The highest BCUT2D eigenvalue weighted by Gasteiger charge is 2.38. The van der Waals surface area contributed by atoms with Gasteiger partial charge >= 0.3 is 0 Å². The van der Waals surface area contributed by atoms with E-state index in [9.17, 15) is 13.2 Å². The molecule has 196 valence electrons. The molecule has 1 aliphatic heterocycles. The first-order chi connectivity index (χ1) is 17.4. The zero-order chi connectivity index (χ0) is 27.0. The number of anilines is 1. The molecule has 0 radical (unpaired) electrons. The quantitative estimate of drug-likeness (QED) is 0.453. The zero-order valence-electron chi connectivity index (χ0n) is 22.4. The van der Waals surface area contributed by atoms with Gasteiger partial charge in [0.2, 0.25) is 0 Å². The first-order valence-corrected chi connectivity index (χ1v) is 14.1. The summed E-state index contributed by atoms with van der Waals surface area (Å²) in [6.07, 6.45) is -0.0518. The molecule has 0 aliphatic carbocycles. The number of sulfonamides is 1. The van der Waals surface area contributed by atoms with E-state index in [1.165, 1.54) is 9.87 Å². The van der Waals surface area contributed by atoms with Crippen molar-refractivity contribution < 1.29 is 17.9 Å². The fourth-order valence-corrected chi connectivity index (χ4v) is 5.82. The number of carbonyl (C=O) groups excluding carboxylic acids is 1. The van der Waals surface area contributed by atoms with Crippen LogP contribution in [0.15, 0.2) is 71.6 Å². The standard InChI is InChI=1S/C30H36N2O4S/c1-7-22-10-12-23(13-11-22)21(3)31-29(33)28-19-32(37(34,35)25-15-8-20(2)9-16-25)26-18-24(30(4,5)6)14-17-27(26)36-28/h8-18,21,28H,7,19H2,1-6H3,(H,31,33)/t21-,28-/m0/s1. The van der Waals surface area contributed by atoms with Crippen molar-refractivity contribution in [3.63, 3.8) is 0 Å². The lowest BCUT2D eigenvalue weighted by molar-refractivity contribution is -0.128. The summed E-state index contributed by atoms with van der Waals surface area (Å²) in [5.74, 6) is 0.0109. The van der Waals surface area contributed by atoms with Crippen molar-refractivity contribution in [3.05, 3.63) is 89.0 Å². The van der Waals surface area contributed by atoms with Gasteiger partial charge in [0.25, 0.3) is 15.9 Å². The topological polar surface area (TPSA) is 75.7 Å². The number of nitrogens with zero attached hydrogens (tertiary/aromatic N) is 1. The van der Waals surface area contributed by atoms with Crippen LogP contribution in [0.1, 0.15) is 62.9 Å². The van der Waals surface area contributed by atoms with Crippen molar-refractivity contribution in [1.29, 1.82) is 0 Å². The van der Waals surface area contributed by atoms with Gasteiger partial charge in [-0.3, -0.25) is 9.10 Å². The fraction of sp³-hybridized carbons (Fsp3) is 0.367. The first-order valence-electron chi connectivity index (χ1n) is 12.7. The molecule has 0 unspecified atom stereocenters. The number of benzene rings is 3. The Morgan fingerprint density at radius 3 is 2.30 bits per heavy atom. The lowest BCUT2D eigenvalue weighted by Crippen LogP contribution is -2.51. The average Bonchev–Trinajstić information content (AvgIpc) is 2.87. The Morgan fingerprint density at radius 2 is 1.70 bits per heavy atom. The summed E-state index contributed by atoms with van der Waals surface area (Å²) in [5, 5.41) is 3.00. The van der Waals surface area contributed by atoms with Crippen molar-refractivity contribution in [1.82, 2.24) is 5.32 Å². The minimum Gasteiger partial charge on any atom is -0.476 e. The van der Waals surface area contributed by atoms with Crippen LogP contribution in [0.3, 0.4) is 0 Å². The van der Waals surface area contributed by atoms with Crippen LogP contribution in [0.4, 0.5) is 5.69 Å². The molecular formula is C30H36N2O4S. The monoisotopic (exact) mass is 520 g/mol. The molecule has 7 heteroatoms. The van der Waals surface area contributed by atoms with Gasteiger partial charge in [-0.15, -0.1) is 0 Å². The largest absolute Gasteiger partial charge is 0.476 e. The molecule has 37 heavy (non-hydrogen) atoms. The summed E-state index contributed by atoms with van der Waals surface area (Å²) in [5.41, 5.74) is 4.40. The van der Waals surface area contributed by atoms with E-state index in [0.29, 0.717) is 11.4 Å².